The number of amides is 1. The minimum absolute atomic E-state index is 0.0231. The third-order valence-electron chi connectivity index (χ3n) is 3.84. The quantitative estimate of drug-likeness (QED) is 0.858. The number of hydrogen-bond donors (Lipinski definition) is 2. The summed E-state index contributed by atoms with van der Waals surface area (Å²) >= 11 is 0. The van der Waals surface area contributed by atoms with Gasteiger partial charge in [0.25, 0.3) is 0 Å². The van der Waals surface area contributed by atoms with Gasteiger partial charge in [-0.3, -0.25) is 4.79 Å². The highest BCUT2D eigenvalue weighted by Crippen LogP contribution is 2.32. The van der Waals surface area contributed by atoms with Crippen molar-refractivity contribution in [2.75, 3.05) is 5.32 Å². The summed E-state index contributed by atoms with van der Waals surface area (Å²) in [5.41, 5.74) is 5.85. The third-order valence-corrected chi connectivity index (χ3v) is 3.84. The van der Waals surface area contributed by atoms with E-state index in [0.717, 1.165) is 38.0 Å². The molecule has 1 fully saturated rings. The van der Waals surface area contributed by atoms with Crippen LogP contribution in [0.4, 0.5) is 5.82 Å². The molecule has 0 spiro atoms. The fraction of sp³-hybridized carbons (Fsp3) is 0.692. The molecule has 1 aromatic heterocycles. The second-order valence-corrected chi connectivity index (χ2v) is 5.33. The van der Waals surface area contributed by atoms with E-state index in [4.69, 9.17) is 5.73 Å². The average molecular weight is 250 g/mol. The Morgan fingerprint density at radius 1 is 1.67 bits per heavy atom. The van der Waals surface area contributed by atoms with Gasteiger partial charge in [0.05, 0.1) is 12.1 Å². The number of aromatic nitrogens is 2. The first-order chi connectivity index (χ1) is 8.54. The Labute approximate surface area is 108 Å². The van der Waals surface area contributed by atoms with Crippen molar-refractivity contribution >= 4 is 11.7 Å². The summed E-state index contributed by atoms with van der Waals surface area (Å²) in [5.74, 6) is 0.672. The van der Waals surface area contributed by atoms with Crippen LogP contribution in [0, 0.1) is 5.92 Å². The zero-order valence-corrected chi connectivity index (χ0v) is 11.1. The minimum Gasteiger partial charge on any atom is -0.325 e. The van der Waals surface area contributed by atoms with E-state index in [0.29, 0.717) is 0 Å². The van der Waals surface area contributed by atoms with Crippen LogP contribution in [0.25, 0.3) is 0 Å². The Kier molecular flexibility index (Phi) is 3.71. The molecule has 2 rings (SSSR count). The summed E-state index contributed by atoms with van der Waals surface area (Å²) in [6.07, 6.45) is 5.68. The second-order valence-electron chi connectivity index (χ2n) is 5.33. The Balaban J connectivity index is 2.07. The van der Waals surface area contributed by atoms with E-state index in [2.05, 4.69) is 10.4 Å². The van der Waals surface area contributed by atoms with Gasteiger partial charge in [-0.2, -0.15) is 5.10 Å². The van der Waals surface area contributed by atoms with E-state index in [1.54, 1.807) is 10.9 Å². The fourth-order valence-corrected chi connectivity index (χ4v) is 2.69. The summed E-state index contributed by atoms with van der Waals surface area (Å²) in [6.45, 7) is 4.72. The van der Waals surface area contributed by atoms with Gasteiger partial charge in [-0.15, -0.1) is 0 Å². The number of nitrogens with two attached hydrogens (primary N) is 1. The van der Waals surface area contributed by atoms with Crippen LogP contribution in [0.15, 0.2) is 12.3 Å². The molecule has 1 saturated carbocycles. The highest BCUT2D eigenvalue weighted by Gasteiger charge is 2.37. The van der Waals surface area contributed by atoms with E-state index < -0.39 is 0 Å². The van der Waals surface area contributed by atoms with Crippen LogP contribution in [0.3, 0.4) is 0 Å². The number of hydrogen-bond acceptors (Lipinski definition) is 3. The van der Waals surface area contributed by atoms with E-state index >= 15 is 0 Å². The molecule has 2 atom stereocenters. The molecule has 0 aromatic carbocycles. The molecule has 1 aliphatic rings. The Morgan fingerprint density at radius 3 is 3.11 bits per heavy atom. The number of carbonyl (C=O) groups is 1. The smallest absolute Gasteiger partial charge is 0.230 e. The zero-order valence-electron chi connectivity index (χ0n) is 11.1. The molecule has 1 amide bonds. The number of rotatable bonds is 3. The maximum atomic E-state index is 12.3. The molecule has 0 saturated heterocycles. The predicted octanol–water partition coefficient (Wildman–Crippen LogP) is 1.75. The normalized spacial score (nSPS) is 28.1. The van der Waals surface area contributed by atoms with Gasteiger partial charge in [-0.1, -0.05) is 12.8 Å². The molecule has 0 radical (unpaired) electrons. The molecule has 2 unspecified atom stereocenters. The fourth-order valence-electron chi connectivity index (χ4n) is 2.69. The first-order valence-electron chi connectivity index (χ1n) is 6.66. The number of nitrogens with zero attached hydrogens (tertiary/aromatic N) is 2. The first-order valence-corrected chi connectivity index (χ1v) is 6.66. The summed E-state index contributed by atoms with van der Waals surface area (Å²) < 4.78 is 1.77. The van der Waals surface area contributed by atoms with Gasteiger partial charge in [0, 0.05) is 18.2 Å². The predicted molar refractivity (Wildman–Crippen MR) is 71.1 cm³/mol. The van der Waals surface area contributed by atoms with Gasteiger partial charge in [0.15, 0.2) is 0 Å². The summed E-state index contributed by atoms with van der Waals surface area (Å²) in [6, 6.07) is 1.82. The van der Waals surface area contributed by atoms with Crippen molar-refractivity contribution in [3.63, 3.8) is 0 Å². The van der Waals surface area contributed by atoms with Crippen molar-refractivity contribution in [2.24, 2.45) is 11.7 Å². The highest BCUT2D eigenvalue weighted by atomic mass is 16.2. The van der Waals surface area contributed by atoms with Crippen molar-refractivity contribution in [1.82, 2.24) is 9.78 Å². The lowest BCUT2D eigenvalue weighted by atomic mass is 9.74. The largest absolute Gasteiger partial charge is 0.325 e. The number of anilines is 1. The van der Waals surface area contributed by atoms with Crippen LogP contribution in [-0.4, -0.2) is 21.2 Å². The monoisotopic (exact) mass is 250 g/mol. The molecule has 1 heterocycles. The lowest BCUT2D eigenvalue weighted by Gasteiger charge is -2.37. The summed E-state index contributed by atoms with van der Waals surface area (Å²) in [7, 11) is 0. The van der Waals surface area contributed by atoms with Gasteiger partial charge < -0.3 is 11.1 Å². The molecule has 5 heteroatoms. The molecular formula is C13H22N4O. The Morgan fingerprint density at radius 2 is 2.44 bits per heavy atom. The average Bonchev–Trinajstić information content (AvgIpc) is 2.75. The van der Waals surface area contributed by atoms with Crippen molar-refractivity contribution in [3.05, 3.63) is 12.3 Å². The summed E-state index contributed by atoms with van der Waals surface area (Å²) in [4.78, 5) is 12.3. The van der Waals surface area contributed by atoms with Crippen LogP contribution in [0.5, 0.6) is 0 Å². The molecule has 5 nitrogen and oxygen atoms in total. The molecule has 1 aromatic rings. The van der Waals surface area contributed by atoms with Gasteiger partial charge in [0.1, 0.15) is 5.82 Å². The van der Waals surface area contributed by atoms with Crippen LogP contribution in [0.1, 0.15) is 39.5 Å². The van der Waals surface area contributed by atoms with E-state index in [9.17, 15) is 4.79 Å². The van der Waals surface area contributed by atoms with Crippen LogP contribution in [0.2, 0.25) is 0 Å². The van der Waals surface area contributed by atoms with Crippen LogP contribution >= 0.6 is 0 Å². The van der Waals surface area contributed by atoms with Crippen LogP contribution in [-0.2, 0) is 11.3 Å². The Hall–Kier alpha value is -1.36. The molecule has 18 heavy (non-hydrogen) atoms. The molecule has 1 aliphatic carbocycles. The molecular weight excluding hydrogens is 228 g/mol. The molecule has 3 N–H and O–H groups in total. The zero-order chi connectivity index (χ0) is 13.2. The van der Waals surface area contributed by atoms with Crippen LogP contribution < -0.4 is 11.1 Å². The van der Waals surface area contributed by atoms with E-state index in [1.807, 2.05) is 19.9 Å². The molecule has 100 valence electrons. The summed E-state index contributed by atoms with van der Waals surface area (Å²) in [5, 5.41) is 7.09. The minimum atomic E-state index is -0.389. The third kappa shape index (κ3) is 2.56. The Bertz CT molecular complexity index is 424. The first kappa shape index (κ1) is 13.1. The number of aryl methyl sites for hydroxylation is 1. The van der Waals surface area contributed by atoms with Crippen molar-refractivity contribution in [2.45, 2.75) is 51.6 Å². The number of carbonyl (C=O) groups excluding carboxylic acids is 1. The lowest BCUT2D eigenvalue weighted by Crippen LogP contribution is -2.51. The van der Waals surface area contributed by atoms with Gasteiger partial charge in [-0.25, -0.2) is 4.68 Å². The van der Waals surface area contributed by atoms with Gasteiger partial charge >= 0.3 is 0 Å². The maximum absolute atomic E-state index is 12.3. The lowest BCUT2D eigenvalue weighted by molar-refractivity contribution is -0.122. The van der Waals surface area contributed by atoms with Crippen molar-refractivity contribution in [3.8, 4) is 0 Å². The van der Waals surface area contributed by atoms with Gasteiger partial charge in [-0.05, 0) is 26.7 Å². The molecule has 0 aliphatic heterocycles. The standard InChI is InChI=1S/C13H22N4O/c1-3-17-11(7-9-15-17)16-12(18)10-6-4-5-8-13(10,2)14/h7,9-10H,3-6,8,14H2,1-2H3,(H,16,18). The number of nitrogens with one attached hydrogen (secondary N) is 1. The highest BCUT2D eigenvalue weighted by molar-refractivity contribution is 5.92. The molecule has 0 bridgehead atoms. The maximum Gasteiger partial charge on any atom is 0.230 e. The van der Waals surface area contributed by atoms with Crippen molar-refractivity contribution < 1.29 is 4.79 Å². The van der Waals surface area contributed by atoms with Gasteiger partial charge in [0.2, 0.25) is 5.91 Å². The van der Waals surface area contributed by atoms with E-state index in [-0.39, 0.29) is 17.4 Å². The van der Waals surface area contributed by atoms with Crippen molar-refractivity contribution in [1.29, 1.82) is 0 Å². The topological polar surface area (TPSA) is 72.9 Å². The van der Waals surface area contributed by atoms with E-state index in [1.165, 1.54) is 0 Å². The second kappa shape index (κ2) is 5.10. The SMILES string of the molecule is CCn1nccc1NC(=O)C1CCCCC1(C)N.